The highest BCUT2D eigenvalue weighted by Gasteiger charge is 2.25. The average Bonchev–Trinajstić information content (AvgIpc) is 2.58. The highest BCUT2D eigenvalue weighted by Crippen LogP contribution is 2.14. The van der Waals surface area contributed by atoms with Crippen molar-refractivity contribution in [2.45, 2.75) is 32.7 Å². The molecule has 1 rings (SSSR count). The topological polar surface area (TPSA) is 104 Å². The Kier molecular flexibility index (Phi) is 8.24. The third-order valence-corrected chi connectivity index (χ3v) is 3.03. The van der Waals surface area contributed by atoms with Crippen molar-refractivity contribution in [3.8, 4) is 5.88 Å². The number of aromatic nitrogens is 1. The molecule has 24 heavy (non-hydrogen) atoms. The lowest BCUT2D eigenvalue weighted by molar-refractivity contribution is -0.146. The van der Waals surface area contributed by atoms with E-state index in [0.29, 0.717) is 0 Å². The van der Waals surface area contributed by atoms with Crippen LogP contribution in [-0.2, 0) is 19.1 Å². The van der Waals surface area contributed by atoms with E-state index in [2.05, 4.69) is 10.3 Å². The first kappa shape index (κ1) is 19.4. The molecule has 0 saturated heterocycles. The number of esters is 2. The fraction of sp³-hybridized carbons (Fsp3) is 0.500. The predicted octanol–water partition coefficient (Wildman–Crippen LogP) is 1.09. The van der Waals surface area contributed by atoms with Crippen LogP contribution in [0.15, 0.2) is 18.3 Å². The first-order valence-corrected chi connectivity index (χ1v) is 7.65. The SMILES string of the molecule is CCOC(=O)CCC(NC(=O)c1cccnc1OC)C(=O)OCC. The van der Waals surface area contributed by atoms with Crippen LogP contribution in [0.5, 0.6) is 5.88 Å². The number of nitrogens with zero attached hydrogens (tertiary/aromatic N) is 1. The lowest BCUT2D eigenvalue weighted by Gasteiger charge is -2.17. The molecule has 1 aromatic heterocycles. The molecular formula is C16H22N2O6. The first-order valence-electron chi connectivity index (χ1n) is 7.65. The van der Waals surface area contributed by atoms with Gasteiger partial charge in [-0.25, -0.2) is 9.78 Å². The van der Waals surface area contributed by atoms with Gasteiger partial charge in [0.25, 0.3) is 5.91 Å². The molecule has 0 spiro atoms. The third-order valence-electron chi connectivity index (χ3n) is 3.03. The van der Waals surface area contributed by atoms with Crippen LogP contribution in [0.2, 0.25) is 0 Å². The standard InChI is InChI=1S/C16H22N2O6/c1-4-23-13(19)9-8-12(16(21)24-5-2)18-14(20)11-7-6-10-17-15(11)22-3/h6-7,10,12H,4-5,8-9H2,1-3H3,(H,18,20). The number of carbonyl (C=O) groups is 3. The van der Waals surface area contributed by atoms with E-state index in [4.69, 9.17) is 14.2 Å². The van der Waals surface area contributed by atoms with Gasteiger partial charge in [0.2, 0.25) is 5.88 Å². The largest absolute Gasteiger partial charge is 0.480 e. The monoisotopic (exact) mass is 338 g/mol. The van der Waals surface area contributed by atoms with Gasteiger partial charge < -0.3 is 19.5 Å². The minimum Gasteiger partial charge on any atom is -0.480 e. The number of hydrogen-bond donors (Lipinski definition) is 1. The van der Waals surface area contributed by atoms with Crippen molar-refractivity contribution in [1.82, 2.24) is 10.3 Å². The lowest BCUT2D eigenvalue weighted by Crippen LogP contribution is -2.42. The Morgan fingerprint density at radius 3 is 2.54 bits per heavy atom. The van der Waals surface area contributed by atoms with Crippen LogP contribution in [0.4, 0.5) is 0 Å². The van der Waals surface area contributed by atoms with E-state index in [-0.39, 0.29) is 37.5 Å². The molecule has 1 unspecified atom stereocenters. The van der Waals surface area contributed by atoms with Gasteiger partial charge in [-0.15, -0.1) is 0 Å². The van der Waals surface area contributed by atoms with E-state index in [9.17, 15) is 14.4 Å². The number of pyridine rings is 1. The van der Waals surface area contributed by atoms with Gasteiger partial charge in [-0.2, -0.15) is 0 Å². The fourth-order valence-corrected chi connectivity index (χ4v) is 1.95. The maximum Gasteiger partial charge on any atom is 0.328 e. The Balaban J connectivity index is 2.81. The first-order chi connectivity index (χ1) is 11.5. The predicted molar refractivity (Wildman–Crippen MR) is 84.5 cm³/mol. The van der Waals surface area contributed by atoms with E-state index in [1.165, 1.54) is 19.4 Å². The molecule has 0 aliphatic rings. The van der Waals surface area contributed by atoms with Crippen molar-refractivity contribution in [3.05, 3.63) is 23.9 Å². The van der Waals surface area contributed by atoms with Gasteiger partial charge in [-0.05, 0) is 32.4 Å². The van der Waals surface area contributed by atoms with Gasteiger partial charge >= 0.3 is 11.9 Å². The second-order valence-electron chi connectivity index (χ2n) is 4.68. The van der Waals surface area contributed by atoms with E-state index in [0.717, 1.165) is 0 Å². The summed E-state index contributed by atoms with van der Waals surface area (Å²) in [7, 11) is 1.39. The molecule has 8 heteroatoms. The van der Waals surface area contributed by atoms with E-state index in [1.54, 1.807) is 19.9 Å². The number of carbonyl (C=O) groups excluding carboxylic acids is 3. The summed E-state index contributed by atoms with van der Waals surface area (Å²) in [6.45, 7) is 3.77. The van der Waals surface area contributed by atoms with E-state index >= 15 is 0 Å². The van der Waals surface area contributed by atoms with Crippen molar-refractivity contribution >= 4 is 17.8 Å². The molecule has 0 fully saturated rings. The summed E-state index contributed by atoms with van der Waals surface area (Å²) in [5.74, 6) is -1.46. The van der Waals surface area contributed by atoms with Crippen molar-refractivity contribution in [2.24, 2.45) is 0 Å². The highest BCUT2D eigenvalue weighted by atomic mass is 16.5. The number of methoxy groups -OCH3 is 1. The Morgan fingerprint density at radius 1 is 1.21 bits per heavy atom. The van der Waals surface area contributed by atoms with Crippen molar-refractivity contribution < 1.29 is 28.6 Å². The van der Waals surface area contributed by atoms with Crippen LogP contribution >= 0.6 is 0 Å². The molecule has 1 heterocycles. The molecule has 8 nitrogen and oxygen atoms in total. The number of amides is 1. The van der Waals surface area contributed by atoms with Crippen LogP contribution in [0.25, 0.3) is 0 Å². The molecule has 0 radical (unpaired) electrons. The summed E-state index contributed by atoms with van der Waals surface area (Å²) in [6, 6.07) is 2.14. The van der Waals surface area contributed by atoms with Crippen LogP contribution in [0.3, 0.4) is 0 Å². The maximum atomic E-state index is 12.4. The molecule has 0 bridgehead atoms. The summed E-state index contributed by atoms with van der Waals surface area (Å²) >= 11 is 0. The molecule has 132 valence electrons. The summed E-state index contributed by atoms with van der Waals surface area (Å²) < 4.78 is 14.8. The van der Waals surface area contributed by atoms with Gasteiger partial charge in [0.1, 0.15) is 11.6 Å². The van der Waals surface area contributed by atoms with E-state index < -0.39 is 23.9 Å². The Labute approximate surface area is 140 Å². The average molecular weight is 338 g/mol. The number of hydrogen-bond acceptors (Lipinski definition) is 7. The van der Waals surface area contributed by atoms with Crippen molar-refractivity contribution in [1.29, 1.82) is 0 Å². The zero-order chi connectivity index (χ0) is 17.9. The van der Waals surface area contributed by atoms with Crippen LogP contribution in [0, 0.1) is 0 Å². The smallest absolute Gasteiger partial charge is 0.328 e. The Morgan fingerprint density at radius 2 is 1.92 bits per heavy atom. The molecule has 0 aliphatic carbocycles. The van der Waals surface area contributed by atoms with Crippen molar-refractivity contribution in [3.63, 3.8) is 0 Å². The summed E-state index contributed by atoms with van der Waals surface area (Å²) in [6.07, 6.45) is 1.55. The molecule has 0 aliphatic heterocycles. The highest BCUT2D eigenvalue weighted by molar-refractivity contribution is 5.98. The van der Waals surface area contributed by atoms with Gasteiger partial charge in [0.15, 0.2) is 0 Å². The van der Waals surface area contributed by atoms with Gasteiger partial charge in [0.05, 0.1) is 20.3 Å². The van der Waals surface area contributed by atoms with E-state index in [1.807, 2.05) is 0 Å². The minimum absolute atomic E-state index is 0.0121. The molecule has 1 amide bonds. The number of rotatable bonds is 9. The van der Waals surface area contributed by atoms with Crippen molar-refractivity contribution in [2.75, 3.05) is 20.3 Å². The molecule has 1 aromatic rings. The fourth-order valence-electron chi connectivity index (χ4n) is 1.95. The summed E-state index contributed by atoms with van der Waals surface area (Å²) in [4.78, 5) is 39.8. The molecule has 0 aromatic carbocycles. The van der Waals surface area contributed by atoms with Crippen LogP contribution < -0.4 is 10.1 Å². The number of ether oxygens (including phenoxy) is 3. The van der Waals surface area contributed by atoms with Gasteiger partial charge in [0, 0.05) is 12.6 Å². The lowest BCUT2D eigenvalue weighted by atomic mass is 10.1. The van der Waals surface area contributed by atoms with Crippen LogP contribution in [-0.4, -0.2) is 49.2 Å². The molecule has 1 atom stereocenters. The molecule has 0 saturated carbocycles. The molecular weight excluding hydrogens is 316 g/mol. The second kappa shape index (κ2) is 10.2. The van der Waals surface area contributed by atoms with Crippen LogP contribution in [0.1, 0.15) is 37.0 Å². The van der Waals surface area contributed by atoms with Gasteiger partial charge in [-0.3, -0.25) is 9.59 Å². The zero-order valence-corrected chi connectivity index (χ0v) is 14.0. The molecule has 1 N–H and O–H groups in total. The third kappa shape index (κ3) is 5.86. The Hall–Kier alpha value is -2.64. The number of nitrogens with one attached hydrogen (secondary N) is 1. The maximum absolute atomic E-state index is 12.4. The quantitative estimate of drug-likeness (QED) is 0.672. The van der Waals surface area contributed by atoms with Gasteiger partial charge in [-0.1, -0.05) is 0 Å². The normalized spacial score (nSPS) is 11.3. The Bertz CT molecular complexity index is 575. The second-order valence-corrected chi connectivity index (χ2v) is 4.68. The summed E-state index contributed by atoms with van der Waals surface area (Å²) in [5.41, 5.74) is 0.186. The zero-order valence-electron chi connectivity index (χ0n) is 14.0. The minimum atomic E-state index is -0.966. The summed E-state index contributed by atoms with van der Waals surface area (Å²) in [5, 5.41) is 2.55.